The van der Waals surface area contributed by atoms with Crippen LogP contribution in [-0.4, -0.2) is 35.9 Å². The van der Waals surface area contributed by atoms with Crippen LogP contribution in [0.15, 0.2) is 0 Å². The normalized spacial score (nSPS) is 14.5. The van der Waals surface area contributed by atoms with Gasteiger partial charge in [-0.05, 0) is 38.0 Å². The Morgan fingerprint density at radius 2 is 1.77 bits per heavy atom. The average Bonchev–Trinajstić information content (AvgIpc) is 2.17. The van der Waals surface area contributed by atoms with Crippen LogP contribution in [0.5, 0.6) is 0 Å². The number of hydrogen-bond acceptors (Lipinski definition) is 4. The number of hydrogen-bond donors (Lipinski definition) is 2. The lowest BCUT2D eigenvalue weighted by Crippen LogP contribution is -2.40. The Labute approximate surface area is 81.8 Å². The highest BCUT2D eigenvalue weighted by Crippen LogP contribution is 2.19. The number of rotatable bonds is 7. The molecule has 0 aliphatic rings. The van der Waals surface area contributed by atoms with E-state index in [1.165, 1.54) is 0 Å². The molecule has 0 aliphatic heterocycles. The second kappa shape index (κ2) is 6.50. The first-order chi connectivity index (χ1) is 6.11. The van der Waals surface area contributed by atoms with E-state index in [1.807, 2.05) is 6.55 Å². The molecule has 0 heterocycles. The van der Waals surface area contributed by atoms with Gasteiger partial charge in [0.2, 0.25) is 0 Å². The molecule has 0 amide bonds. The molecule has 0 spiro atoms. The van der Waals surface area contributed by atoms with Crippen LogP contribution in [-0.2, 0) is 8.85 Å². The van der Waals surface area contributed by atoms with Gasteiger partial charge in [0.1, 0.15) is 0 Å². The summed E-state index contributed by atoms with van der Waals surface area (Å²) in [7, 11) is 1.45. The van der Waals surface area contributed by atoms with Crippen molar-refractivity contribution in [2.24, 2.45) is 17.4 Å². The predicted molar refractivity (Wildman–Crippen MR) is 56.7 cm³/mol. The third kappa shape index (κ3) is 4.73. The van der Waals surface area contributed by atoms with Gasteiger partial charge in [0.15, 0.2) is 0 Å². The van der Waals surface area contributed by atoms with Crippen molar-refractivity contribution in [2.45, 2.75) is 19.0 Å². The van der Waals surface area contributed by atoms with Gasteiger partial charge in [-0.3, -0.25) is 0 Å². The zero-order valence-corrected chi connectivity index (χ0v) is 9.88. The quantitative estimate of drug-likeness (QED) is 0.587. The van der Waals surface area contributed by atoms with Crippen molar-refractivity contribution in [3.8, 4) is 0 Å². The monoisotopic (exact) mass is 206 g/mol. The fourth-order valence-electron chi connectivity index (χ4n) is 1.31. The molecule has 5 heteroatoms. The van der Waals surface area contributed by atoms with E-state index in [0.717, 1.165) is 12.5 Å². The Balaban J connectivity index is 4.02. The van der Waals surface area contributed by atoms with Crippen LogP contribution in [0.25, 0.3) is 0 Å². The van der Waals surface area contributed by atoms with Gasteiger partial charge in [0, 0.05) is 14.2 Å². The molecular formula is C8H22N2O2Si. The second-order valence-electron chi connectivity index (χ2n) is 3.43. The molecule has 0 aliphatic carbocycles. The zero-order valence-electron chi connectivity index (χ0n) is 8.88. The fraction of sp³-hybridized carbons (Fsp3) is 1.00. The van der Waals surface area contributed by atoms with E-state index in [9.17, 15) is 0 Å². The lowest BCUT2D eigenvalue weighted by atomic mass is 10.1. The summed E-state index contributed by atoms with van der Waals surface area (Å²) in [5.74, 6) is 0.432. The van der Waals surface area contributed by atoms with Crippen LogP contribution in [0.3, 0.4) is 0 Å². The van der Waals surface area contributed by atoms with Crippen molar-refractivity contribution in [3.63, 3.8) is 0 Å². The Morgan fingerprint density at radius 1 is 1.23 bits per heavy atom. The molecule has 0 saturated carbocycles. The summed E-state index contributed by atoms with van der Waals surface area (Å²) < 4.78 is 10.8. The molecule has 0 aromatic carbocycles. The molecule has 1 atom stereocenters. The highest BCUT2D eigenvalue weighted by Gasteiger charge is 2.31. The predicted octanol–water partition coefficient (Wildman–Crippen LogP) is 0.275. The summed E-state index contributed by atoms with van der Waals surface area (Å²) in [5, 5.41) is 0. The van der Waals surface area contributed by atoms with E-state index in [2.05, 4.69) is 0 Å². The average molecular weight is 206 g/mol. The lowest BCUT2D eigenvalue weighted by molar-refractivity contribution is 0.241. The summed E-state index contributed by atoms with van der Waals surface area (Å²) in [6.45, 7) is 3.39. The minimum atomic E-state index is -1.95. The molecule has 0 radical (unpaired) electrons. The summed E-state index contributed by atoms with van der Waals surface area (Å²) in [4.78, 5) is 0. The molecule has 0 bridgehead atoms. The minimum Gasteiger partial charge on any atom is -0.398 e. The molecule has 13 heavy (non-hydrogen) atoms. The molecule has 0 unspecified atom stereocenters. The Hall–Kier alpha value is 0.0569. The molecule has 0 aromatic rings. The van der Waals surface area contributed by atoms with Gasteiger partial charge in [0.25, 0.3) is 0 Å². The maximum atomic E-state index is 5.63. The second-order valence-corrected chi connectivity index (χ2v) is 6.92. The van der Waals surface area contributed by atoms with Crippen LogP contribution in [0.4, 0.5) is 0 Å². The van der Waals surface area contributed by atoms with Crippen LogP contribution in [0.2, 0.25) is 12.6 Å². The molecule has 80 valence electrons. The van der Waals surface area contributed by atoms with Gasteiger partial charge >= 0.3 is 8.56 Å². The van der Waals surface area contributed by atoms with E-state index in [4.69, 9.17) is 20.3 Å². The van der Waals surface area contributed by atoms with Gasteiger partial charge < -0.3 is 20.3 Å². The minimum absolute atomic E-state index is 0.432. The topological polar surface area (TPSA) is 70.5 Å². The molecule has 4 nitrogen and oxygen atoms in total. The van der Waals surface area contributed by atoms with E-state index in [0.29, 0.717) is 19.0 Å². The van der Waals surface area contributed by atoms with Gasteiger partial charge in [0.05, 0.1) is 0 Å². The van der Waals surface area contributed by atoms with Crippen molar-refractivity contribution < 1.29 is 8.85 Å². The summed E-state index contributed by atoms with van der Waals surface area (Å²) in [6.07, 6.45) is 0.950. The Bertz CT molecular complexity index is 131. The fourth-order valence-corrected chi connectivity index (χ4v) is 3.23. The van der Waals surface area contributed by atoms with Crippen LogP contribution in [0, 0.1) is 5.92 Å². The third-order valence-electron chi connectivity index (χ3n) is 2.43. The van der Waals surface area contributed by atoms with Gasteiger partial charge in [-0.1, -0.05) is 0 Å². The number of nitrogens with two attached hydrogens (primary N) is 2. The highest BCUT2D eigenvalue weighted by molar-refractivity contribution is 6.66. The summed E-state index contributed by atoms with van der Waals surface area (Å²) in [6, 6.07) is 0.924. The summed E-state index contributed by atoms with van der Waals surface area (Å²) >= 11 is 0. The molecule has 0 aromatic heterocycles. The molecule has 0 saturated heterocycles. The molecule has 0 rings (SSSR count). The first-order valence-electron chi connectivity index (χ1n) is 4.62. The molecular weight excluding hydrogens is 184 g/mol. The maximum absolute atomic E-state index is 5.63. The molecule has 0 fully saturated rings. The van der Waals surface area contributed by atoms with Crippen molar-refractivity contribution in [3.05, 3.63) is 0 Å². The first-order valence-corrected chi connectivity index (χ1v) is 7.14. The van der Waals surface area contributed by atoms with Gasteiger partial charge in [-0.25, -0.2) is 0 Å². The first kappa shape index (κ1) is 13.1. The Kier molecular flexibility index (Phi) is 6.53. The van der Waals surface area contributed by atoms with E-state index in [1.54, 1.807) is 14.2 Å². The SMILES string of the molecule is CO[Si](C)(C[C@@H](CN)CCN)OC. The largest absolute Gasteiger partial charge is 0.398 e. The van der Waals surface area contributed by atoms with Crippen LogP contribution in [0.1, 0.15) is 6.42 Å². The van der Waals surface area contributed by atoms with Crippen molar-refractivity contribution >= 4 is 8.56 Å². The third-order valence-corrected chi connectivity index (χ3v) is 5.48. The Morgan fingerprint density at radius 3 is 2.08 bits per heavy atom. The van der Waals surface area contributed by atoms with E-state index >= 15 is 0 Å². The van der Waals surface area contributed by atoms with E-state index < -0.39 is 8.56 Å². The standard InChI is InChI=1S/C8H22N2O2Si/c1-11-13(3,12-2)7-8(6-10)4-5-9/h8H,4-7,9-10H2,1-3H3/t8-/m1/s1. The van der Waals surface area contributed by atoms with E-state index in [-0.39, 0.29) is 0 Å². The van der Waals surface area contributed by atoms with Gasteiger partial charge in [-0.2, -0.15) is 0 Å². The van der Waals surface area contributed by atoms with Gasteiger partial charge in [-0.15, -0.1) is 0 Å². The summed E-state index contributed by atoms with van der Waals surface area (Å²) in [5.41, 5.74) is 11.1. The van der Waals surface area contributed by atoms with Crippen molar-refractivity contribution in [1.82, 2.24) is 0 Å². The molecule has 4 N–H and O–H groups in total. The smallest absolute Gasteiger partial charge is 0.334 e. The van der Waals surface area contributed by atoms with Crippen LogP contribution >= 0.6 is 0 Å². The van der Waals surface area contributed by atoms with Crippen molar-refractivity contribution in [2.75, 3.05) is 27.3 Å². The highest BCUT2D eigenvalue weighted by atomic mass is 28.4. The lowest BCUT2D eigenvalue weighted by Gasteiger charge is -2.26. The zero-order chi connectivity index (χ0) is 10.3. The maximum Gasteiger partial charge on any atom is 0.334 e. The van der Waals surface area contributed by atoms with Crippen LogP contribution < -0.4 is 11.5 Å². The van der Waals surface area contributed by atoms with Crippen molar-refractivity contribution in [1.29, 1.82) is 0 Å².